The van der Waals surface area contributed by atoms with Gasteiger partial charge in [-0.25, -0.2) is 9.97 Å². The summed E-state index contributed by atoms with van der Waals surface area (Å²) < 4.78 is 5.40. The number of ether oxygens (including phenoxy) is 1. The number of nitrogens with zero attached hydrogens (tertiary/aromatic N) is 2. The highest BCUT2D eigenvalue weighted by Crippen LogP contribution is 2.27. The van der Waals surface area contributed by atoms with E-state index in [1.807, 2.05) is 6.20 Å². The molecular weight excluding hydrogens is 214 g/mol. The second-order valence-corrected chi connectivity index (χ2v) is 4.88. The van der Waals surface area contributed by atoms with Crippen LogP contribution in [0.5, 0.6) is 0 Å². The molecular formula is C13H19N3O. The minimum absolute atomic E-state index is 0.370. The molecule has 92 valence electrons. The minimum Gasteiger partial charge on any atom is -0.381 e. The molecule has 0 spiro atoms. The van der Waals surface area contributed by atoms with Crippen LogP contribution in [0.1, 0.15) is 49.2 Å². The van der Waals surface area contributed by atoms with Crippen molar-refractivity contribution in [3.8, 4) is 0 Å². The highest BCUT2D eigenvalue weighted by molar-refractivity contribution is 5.11. The van der Waals surface area contributed by atoms with Crippen molar-refractivity contribution in [3.63, 3.8) is 0 Å². The Balaban J connectivity index is 1.77. The highest BCUT2D eigenvalue weighted by Gasteiger charge is 2.22. The fraction of sp³-hybridized carbons (Fsp3) is 0.692. The van der Waals surface area contributed by atoms with E-state index in [0.717, 1.165) is 44.8 Å². The maximum absolute atomic E-state index is 5.40. The van der Waals surface area contributed by atoms with Gasteiger partial charge in [-0.05, 0) is 38.3 Å². The molecule has 1 aromatic rings. The smallest absolute Gasteiger partial charge is 0.145 e. The molecule has 3 rings (SSSR count). The largest absolute Gasteiger partial charge is 0.381 e. The fourth-order valence-electron chi connectivity index (χ4n) is 2.68. The van der Waals surface area contributed by atoms with Crippen LogP contribution in [-0.4, -0.2) is 29.7 Å². The van der Waals surface area contributed by atoms with E-state index in [2.05, 4.69) is 16.4 Å². The number of aromatic nitrogens is 2. The van der Waals surface area contributed by atoms with Crippen molar-refractivity contribution in [1.29, 1.82) is 0 Å². The maximum atomic E-state index is 5.40. The summed E-state index contributed by atoms with van der Waals surface area (Å²) in [6.07, 6.45) is 6.49. The van der Waals surface area contributed by atoms with E-state index in [9.17, 15) is 0 Å². The van der Waals surface area contributed by atoms with Crippen molar-refractivity contribution < 1.29 is 4.74 Å². The highest BCUT2D eigenvalue weighted by atomic mass is 16.5. The maximum Gasteiger partial charge on any atom is 0.145 e. The van der Waals surface area contributed by atoms with Crippen molar-refractivity contribution in [2.24, 2.45) is 0 Å². The number of nitrogens with one attached hydrogen (secondary N) is 1. The Labute approximate surface area is 102 Å². The Morgan fingerprint density at radius 3 is 2.88 bits per heavy atom. The molecule has 0 aromatic carbocycles. The van der Waals surface area contributed by atoms with Crippen LogP contribution < -0.4 is 5.32 Å². The van der Waals surface area contributed by atoms with Gasteiger partial charge in [-0.2, -0.15) is 0 Å². The summed E-state index contributed by atoms with van der Waals surface area (Å²) in [6, 6.07) is 2.43. The first-order valence-electron chi connectivity index (χ1n) is 6.57. The zero-order valence-electron chi connectivity index (χ0n) is 10.1. The first-order chi connectivity index (χ1) is 8.43. The van der Waals surface area contributed by atoms with Crippen LogP contribution in [0.2, 0.25) is 0 Å². The van der Waals surface area contributed by atoms with Crippen LogP contribution in [0.4, 0.5) is 0 Å². The summed E-state index contributed by atoms with van der Waals surface area (Å²) in [5, 5.41) is 3.45. The van der Waals surface area contributed by atoms with E-state index in [1.165, 1.54) is 12.1 Å². The van der Waals surface area contributed by atoms with Gasteiger partial charge >= 0.3 is 0 Å². The molecule has 0 radical (unpaired) electrons. The second kappa shape index (κ2) is 5.10. The predicted molar refractivity (Wildman–Crippen MR) is 64.8 cm³/mol. The molecule has 17 heavy (non-hydrogen) atoms. The van der Waals surface area contributed by atoms with Gasteiger partial charge in [0.1, 0.15) is 5.82 Å². The normalized spacial score (nSPS) is 26.2. The van der Waals surface area contributed by atoms with E-state index in [-0.39, 0.29) is 0 Å². The lowest BCUT2D eigenvalue weighted by atomic mass is 9.96. The average Bonchev–Trinajstić information content (AvgIpc) is 2.94. The zero-order chi connectivity index (χ0) is 11.5. The molecule has 1 aromatic heterocycles. The lowest BCUT2D eigenvalue weighted by Crippen LogP contribution is -2.19. The molecule has 2 aliphatic rings. The van der Waals surface area contributed by atoms with Crippen LogP contribution in [0.25, 0.3) is 0 Å². The first kappa shape index (κ1) is 11.1. The summed E-state index contributed by atoms with van der Waals surface area (Å²) in [6.45, 7) is 2.83. The average molecular weight is 233 g/mol. The van der Waals surface area contributed by atoms with Crippen molar-refractivity contribution in [3.05, 3.63) is 23.8 Å². The monoisotopic (exact) mass is 233 g/mol. The Hall–Kier alpha value is -1.00. The summed E-state index contributed by atoms with van der Waals surface area (Å²) in [5.74, 6) is 1.54. The van der Waals surface area contributed by atoms with Gasteiger partial charge < -0.3 is 10.1 Å². The van der Waals surface area contributed by atoms with Gasteiger partial charge in [-0.3, -0.25) is 0 Å². The lowest BCUT2D eigenvalue weighted by Gasteiger charge is -2.22. The SMILES string of the molecule is c1cc(C2CCOCC2)nc(C2CCCN2)n1. The van der Waals surface area contributed by atoms with Crippen LogP contribution in [0, 0.1) is 0 Å². The van der Waals surface area contributed by atoms with Gasteiger partial charge in [0.05, 0.1) is 6.04 Å². The van der Waals surface area contributed by atoms with Gasteiger partial charge in [0.15, 0.2) is 0 Å². The third-order valence-electron chi connectivity index (χ3n) is 3.71. The minimum atomic E-state index is 0.370. The van der Waals surface area contributed by atoms with E-state index < -0.39 is 0 Å². The van der Waals surface area contributed by atoms with Crippen LogP contribution in [0.15, 0.2) is 12.3 Å². The van der Waals surface area contributed by atoms with Crippen LogP contribution in [0.3, 0.4) is 0 Å². The molecule has 0 saturated carbocycles. The van der Waals surface area contributed by atoms with E-state index >= 15 is 0 Å². The summed E-state index contributed by atoms with van der Waals surface area (Å²) in [5.41, 5.74) is 1.20. The van der Waals surface area contributed by atoms with Gasteiger partial charge in [0.25, 0.3) is 0 Å². The third-order valence-corrected chi connectivity index (χ3v) is 3.71. The van der Waals surface area contributed by atoms with Gasteiger partial charge in [-0.15, -0.1) is 0 Å². The van der Waals surface area contributed by atoms with E-state index in [1.54, 1.807) is 0 Å². The number of hydrogen-bond donors (Lipinski definition) is 1. The predicted octanol–water partition coefficient (Wildman–Crippen LogP) is 1.80. The van der Waals surface area contributed by atoms with Crippen molar-refractivity contribution in [2.45, 2.75) is 37.6 Å². The van der Waals surface area contributed by atoms with Crippen molar-refractivity contribution in [2.75, 3.05) is 19.8 Å². The topological polar surface area (TPSA) is 47.0 Å². The zero-order valence-corrected chi connectivity index (χ0v) is 10.1. The molecule has 1 atom stereocenters. The molecule has 1 unspecified atom stereocenters. The Kier molecular flexibility index (Phi) is 3.34. The molecule has 2 aliphatic heterocycles. The fourth-order valence-corrected chi connectivity index (χ4v) is 2.68. The van der Waals surface area contributed by atoms with Crippen LogP contribution in [-0.2, 0) is 4.74 Å². The third kappa shape index (κ3) is 2.48. The molecule has 1 N–H and O–H groups in total. The van der Waals surface area contributed by atoms with Gasteiger partial charge in [-0.1, -0.05) is 0 Å². The quantitative estimate of drug-likeness (QED) is 0.846. The Morgan fingerprint density at radius 1 is 1.24 bits per heavy atom. The lowest BCUT2D eigenvalue weighted by molar-refractivity contribution is 0.0844. The van der Waals surface area contributed by atoms with E-state index in [0.29, 0.717) is 12.0 Å². The number of hydrogen-bond acceptors (Lipinski definition) is 4. The van der Waals surface area contributed by atoms with Crippen molar-refractivity contribution >= 4 is 0 Å². The molecule has 0 bridgehead atoms. The Bertz CT molecular complexity index is 371. The van der Waals surface area contributed by atoms with Crippen molar-refractivity contribution in [1.82, 2.24) is 15.3 Å². The molecule has 4 heteroatoms. The number of rotatable bonds is 2. The molecule has 0 amide bonds. The van der Waals surface area contributed by atoms with Gasteiger partial charge in [0.2, 0.25) is 0 Å². The summed E-state index contributed by atoms with van der Waals surface area (Å²) in [4.78, 5) is 9.16. The summed E-state index contributed by atoms with van der Waals surface area (Å²) >= 11 is 0. The molecule has 2 fully saturated rings. The standard InChI is InChI=1S/C13H19N3O/c1-2-12(14-6-1)13-15-7-3-11(16-13)10-4-8-17-9-5-10/h3,7,10,12,14H,1-2,4-6,8-9H2. The summed E-state index contributed by atoms with van der Waals surface area (Å²) in [7, 11) is 0. The molecule has 0 aliphatic carbocycles. The first-order valence-corrected chi connectivity index (χ1v) is 6.57. The second-order valence-electron chi connectivity index (χ2n) is 4.88. The molecule has 2 saturated heterocycles. The Morgan fingerprint density at radius 2 is 2.12 bits per heavy atom. The molecule has 3 heterocycles. The van der Waals surface area contributed by atoms with Gasteiger partial charge in [0, 0.05) is 31.0 Å². The van der Waals surface area contributed by atoms with E-state index in [4.69, 9.17) is 9.72 Å². The van der Waals surface area contributed by atoms with Crippen LogP contribution >= 0.6 is 0 Å². The molecule has 4 nitrogen and oxygen atoms in total.